The Kier molecular flexibility index (Phi) is 3.97. The number of hydrogen-bond donors (Lipinski definition) is 0. The lowest BCUT2D eigenvalue weighted by Crippen LogP contribution is -2.37. The molecule has 2 aromatic carbocycles. The average Bonchev–Trinajstić information content (AvgIpc) is 3.29. The summed E-state index contributed by atoms with van der Waals surface area (Å²) in [6.45, 7) is 1.59. The highest BCUT2D eigenvalue weighted by atomic mass is 32.1. The molecule has 0 atom stereocenters. The first kappa shape index (κ1) is 16.5. The molecule has 0 bridgehead atoms. The van der Waals surface area contributed by atoms with Crippen molar-refractivity contribution in [3.05, 3.63) is 65.3 Å². The normalized spacial score (nSPS) is 15.7. The minimum atomic E-state index is 0.148. The van der Waals surface area contributed by atoms with Gasteiger partial charge in [0.15, 0.2) is 0 Å². The second kappa shape index (κ2) is 6.50. The minimum Gasteiger partial charge on any atom is -0.350 e. The monoisotopic (exact) mass is 375 g/mol. The van der Waals surface area contributed by atoms with E-state index in [4.69, 9.17) is 4.98 Å². The highest BCUT2D eigenvalue weighted by Crippen LogP contribution is 2.34. The number of piperidine rings is 1. The fourth-order valence-electron chi connectivity index (χ4n) is 4.08. The molecule has 0 spiro atoms. The van der Waals surface area contributed by atoms with E-state index < -0.39 is 0 Å². The van der Waals surface area contributed by atoms with Crippen molar-refractivity contribution >= 4 is 38.4 Å². The van der Waals surface area contributed by atoms with Gasteiger partial charge < -0.3 is 9.47 Å². The Labute approximate surface area is 162 Å². The van der Waals surface area contributed by atoms with Gasteiger partial charge in [-0.3, -0.25) is 4.79 Å². The summed E-state index contributed by atoms with van der Waals surface area (Å²) in [6, 6.07) is 16.4. The van der Waals surface area contributed by atoms with Crippen LogP contribution in [0.3, 0.4) is 0 Å². The number of likely N-dealkylation sites (tertiary alicyclic amines) is 1. The van der Waals surface area contributed by atoms with Gasteiger partial charge in [-0.1, -0.05) is 30.3 Å². The van der Waals surface area contributed by atoms with Crippen molar-refractivity contribution in [3.63, 3.8) is 0 Å². The molecule has 4 aromatic rings. The smallest absolute Gasteiger partial charge is 0.256 e. The van der Waals surface area contributed by atoms with E-state index in [0.717, 1.165) is 47.9 Å². The number of fused-ring (bicyclic) bond motifs is 2. The van der Waals surface area contributed by atoms with E-state index in [1.807, 2.05) is 47.0 Å². The number of rotatable bonds is 2. The second-order valence-corrected chi connectivity index (χ2v) is 8.32. The molecule has 1 aliphatic heterocycles. The molecular weight excluding hydrogens is 354 g/mol. The van der Waals surface area contributed by atoms with Gasteiger partial charge in [-0.05, 0) is 31.0 Å². The Bertz CT molecular complexity index is 1100. The summed E-state index contributed by atoms with van der Waals surface area (Å²) in [5.41, 5.74) is 3.00. The molecule has 0 unspecified atom stereocenters. The van der Waals surface area contributed by atoms with Crippen LogP contribution in [0.25, 0.3) is 21.1 Å². The van der Waals surface area contributed by atoms with Crippen LogP contribution in [0, 0.1) is 0 Å². The molecule has 0 radical (unpaired) electrons. The zero-order chi connectivity index (χ0) is 18.4. The number of benzene rings is 2. The van der Waals surface area contributed by atoms with E-state index in [0.29, 0.717) is 5.92 Å². The van der Waals surface area contributed by atoms with Gasteiger partial charge in [0.25, 0.3) is 5.91 Å². The number of para-hydroxylation sites is 2. The van der Waals surface area contributed by atoms with Crippen LogP contribution in [-0.4, -0.2) is 33.4 Å². The zero-order valence-electron chi connectivity index (χ0n) is 15.3. The number of carbonyl (C=O) groups excluding carboxylic acids is 1. The number of nitrogens with zero attached hydrogens (tertiary/aromatic N) is 3. The molecule has 27 heavy (non-hydrogen) atoms. The highest BCUT2D eigenvalue weighted by Gasteiger charge is 2.27. The van der Waals surface area contributed by atoms with Crippen molar-refractivity contribution in [1.82, 2.24) is 14.5 Å². The summed E-state index contributed by atoms with van der Waals surface area (Å²) in [6.07, 6.45) is 3.93. The largest absolute Gasteiger partial charge is 0.350 e. The number of thiazole rings is 1. The molecule has 2 aromatic heterocycles. The lowest BCUT2D eigenvalue weighted by Gasteiger charge is -2.31. The van der Waals surface area contributed by atoms with Gasteiger partial charge in [-0.2, -0.15) is 0 Å². The van der Waals surface area contributed by atoms with Crippen LogP contribution >= 0.6 is 11.3 Å². The first-order valence-corrected chi connectivity index (χ1v) is 10.2. The van der Waals surface area contributed by atoms with Crippen LogP contribution in [0.5, 0.6) is 0 Å². The number of carbonyl (C=O) groups is 1. The molecule has 5 rings (SSSR count). The molecule has 0 saturated carbocycles. The molecule has 0 N–H and O–H groups in total. The molecule has 1 aliphatic rings. The zero-order valence-corrected chi connectivity index (χ0v) is 16.1. The average molecular weight is 375 g/mol. The van der Waals surface area contributed by atoms with Crippen molar-refractivity contribution in [2.45, 2.75) is 18.8 Å². The topological polar surface area (TPSA) is 38.1 Å². The molecule has 3 heterocycles. The van der Waals surface area contributed by atoms with Crippen LogP contribution in [0.15, 0.2) is 54.7 Å². The standard InChI is InChI=1S/C22H21N3OS/c1-24-14-17(16-6-2-4-8-19(16)24)22(26)25-12-10-15(11-13-25)21-23-18-7-3-5-9-20(18)27-21/h2-9,14-15H,10-13H2,1H3. The van der Waals surface area contributed by atoms with E-state index in [1.165, 1.54) is 9.71 Å². The fourth-order valence-corrected chi connectivity index (χ4v) is 5.21. The fraction of sp³-hybridized carbons (Fsp3) is 0.273. The maximum Gasteiger partial charge on any atom is 0.256 e. The van der Waals surface area contributed by atoms with Crippen molar-refractivity contribution < 1.29 is 4.79 Å². The predicted octanol–water partition coefficient (Wildman–Crippen LogP) is 4.81. The first-order chi connectivity index (χ1) is 13.2. The third-order valence-corrected chi connectivity index (χ3v) is 6.77. The molecule has 1 saturated heterocycles. The van der Waals surface area contributed by atoms with Gasteiger partial charge in [-0.25, -0.2) is 4.98 Å². The minimum absolute atomic E-state index is 0.148. The maximum absolute atomic E-state index is 13.1. The van der Waals surface area contributed by atoms with Gasteiger partial charge in [0, 0.05) is 43.2 Å². The summed E-state index contributed by atoms with van der Waals surface area (Å²) in [4.78, 5) is 19.9. The van der Waals surface area contributed by atoms with Crippen LogP contribution in [-0.2, 0) is 7.05 Å². The molecule has 1 amide bonds. The Morgan fingerprint density at radius 1 is 1.07 bits per heavy atom. The van der Waals surface area contributed by atoms with E-state index in [-0.39, 0.29) is 5.91 Å². The molecule has 136 valence electrons. The van der Waals surface area contributed by atoms with E-state index in [1.54, 1.807) is 11.3 Å². The Hall–Kier alpha value is -2.66. The van der Waals surface area contributed by atoms with E-state index in [2.05, 4.69) is 24.3 Å². The molecule has 5 heteroatoms. The lowest BCUT2D eigenvalue weighted by atomic mass is 9.97. The molecular formula is C22H21N3OS. The summed E-state index contributed by atoms with van der Waals surface area (Å²) in [5.74, 6) is 0.605. The Morgan fingerprint density at radius 2 is 1.81 bits per heavy atom. The molecule has 1 fully saturated rings. The van der Waals surface area contributed by atoms with Gasteiger partial charge in [0.2, 0.25) is 0 Å². The molecule has 0 aliphatic carbocycles. The lowest BCUT2D eigenvalue weighted by molar-refractivity contribution is 0.0715. The quantitative estimate of drug-likeness (QED) is 0.504. The third kappa shape index (κ3) is 2.82. The van der Waals surface area contributed by atoms with Crippen LogP contribution < -0.4 is 0 Å². The highest BCUT2D eigenvalue weighted by molar-refractivity contribution is 7.18. The maximum atomic E-state index is 13.1. The van der Waals surface area contributed by atoms with Crippen LogP contribution in [0.4, 0.5) is 0 Å². The van der Waals surface area contributed by atoms with Crippen LogP contribution in [0.2, 0.25) is 0 Å². The first-order valence-electron chi connectivity index (χ1n) is 9.39. The predicted molar refractivity (Wildman–Crippen MR) is 110 cm³/mol. The number of amides is 1. The Morgan fingerprint density at radius 3 is 2.63 bits per heavy atom. The van der Waals surface area contributed by atoms with Gasteiger partial charge in [-0.15, -0.1) is 11.3 Å². The molecule has 4 nitrogen and oxygen atoms in total. The third-order valence-electron chi connectivity index (χ3n) is 5.57. The van der Waals surface area contributed by atoms with Gasteiger partial charge in [0.1, 0.15) is 0 Å². The van der Waals surface area contributed by atoms with Gasteiger partial charge >= 0.3 is 0 Å². The SMILES string of the molecule is Cn1cc(C(=O)N2CCC(c3nc4ccccc4s3)CC2)c2ccccc21. The van der Waals surface area contributed by atoms with Crippen LogP contribution in [0.1, 0.15) is 34.1 Å². The van der Waals surface area contributed by atoms with Crippen molar-refractivity contribution in [2.75, 3.05) is 13.1 Å². The summed E-state index contributed by atoms with van der Waals surface area (Å²) >= 11 is 1.80. The van der Waals surface area contributed by atoms with E-state index >= 15 is 0 Å². The number of aryl methyl sites for hydroxylation is 1. The Balaban J connectivity index is 1.34. The van der Waals surface area contributed by atoms with Crippen molar-refractivity contribution in [3.8, 4) is 0 Å². The summed E-state index contributed by atoms with van der Waals surface area (Å²) < 4.78 is 3.29. The summed E-state index contributed by atoms with van der Waals surface area (Å²) in [5, 5.41) is 2.26. The number of aromatic nitrogens is 2. The van der Waals surface area contributed by atoms with Gasteiger partial charge in [0.05, 0.1) is 20.8 Å². The van der Waals surface area contributed by atoms with Crippen molar-refractivity contribution in [2.24, 2.45) is 7.05 Å². The second-order valence-electron chi connectivity index (χ2n) is 7.26. The van der Waals surface area contributed by atoms with Crippen molar-refractivity contribution in [1.29, 1.82) is 0 Å². The summed E-state index contributed by atoms with van der Waals surface area (Å²) in [7, 11) is 2.00. The number of hydrogen-bond acceptors (Lipinski definition) is 3. The van der Waals surface area contributed by atoms with E-state index in [9.17, 15) is 4.79 Å².